The van der Waals surface area contributed by atoms with Gasteiger partial charge in [0.25, 0.3) is 0 Å². The van der Waals surface area contributed by atoms with E-state index in [0.717, 1.165) is 0 Å². The van der Waals surface area contributed by atoms with Gasteiger partial charge in [-0.1, -0.05) is 29.9 Å². The molecule has 0 aromatic rings. The Labute approximate surface area is 72.9 Å². The summed E-state index contributed by atoms with van der Waals surface area (Å²) >= 11 is 0. The van der Waals surface area contributed by atoms with Crippen LogP contribution in [0.4, 0.5) is 0 Å². The van der Waals surface area contributed by atoms with Gasteiger partial charge in [0, 0.05) is 6.04 Å². The summed E-state index contributed by atoms with van der Waals surface area (Å²) in [7, 11) is 0. The van der Waals surface area contributed by atoms with Crippen molar-refractivity contribution in [2.75, 3.05) is 0 Å². The molecule has 2 unspecified atom stereocenters. The minimum atomic E-state index is 0.525. The molecule has 0 saturated heterocycles. The van der Waals surface area contributed by atoms with Crippen LogP contribution >= 0.6 is 0 Å². The monoisotopic (exact) mass is 159 g/mol. The Morgan fingerprint density at radius 3 is 3.42 bits per heavy atom. The van der Waals surface area contributed by atoms with Crippen molar-refractivity contribution < 1.29 is 0 Å². The maximum Gasteiger partial charge on any atom is 0.0513 e. The lowest BCUT2D eigenvalue weighted by Gasteiger charge is -2.26. The Bertz CT molecular complexity index is 296. The van der Waals surface area contributed by atoms with E-state index in [1.807, 2.05) is 0 Å². The summed E-state index contributed by atoms with van der Waals surface area (Å²) in [6.07, 6.45) is 13.0. The van der Waals surface area contributed by atoms with Gasteiger partial charge in [-0.15, -0.1) is 0 Å². The molecule has 1 fully saturated rings. The number of rotatable bonds is 0. The zero-order chi connectivity index (χ0) is 7.97. The molecule has 3 rings (SSSR count). The largest absolute Gasteiger partial charge is 0.300 e. The molecule has 0 radical (unpaired) electrons. The van der Waals surface area contributed by atoms with E-state index >= 15 is 0 Å². The molecule has 2 atom stereocenters. The summed E-state index contributed by atoms with van der Waals surface area (Å²) in [6, 6.07) is 1.21. The van der Waals surface area contributed by atoms with Crippen molar-refractivity contribution in [2.24, 2.45) is 0 Å². The summed E-state index contributed by atoms with van der Waals surface area (Å²) in [5.74, 6) is 0. The van der Waals surface area contributed by atoms with Crippen LogP contribution in [0, 0.1) is 0 Å². The minimum absolute atomic E-state index is 0.525. The number of fused-ring (bicyclic) bond motifs is 2. The molecular weight excluding hydrogens is 146 g/mol. The van der Waals surface area contributed by atoms with Crippen molar-refractivity contribution in [1.29, 1.82) is 0 Å². The predicted octanol–water partition coefficient (Wildman–Crippen LogP) is 1.93. The lowest BCUT2D eigenvalue weighted by molar-refractivity contribution is 0.547. The van der Waals surface area contributed by atoms with E-state index in [2.05, 4.69) is 29.6 Å². The zero-order valence-corrected chi connectivity index (χ0v) is 7.09. The first-order chi connectivity index (χ1) is 5.93. The van der Waals surface area contributed by atoms with Gasteiger partial charge in [-0.2, -0.15) is 0 Å². The lowest BCUT2D eigenvalue weighted by Crippen LogP contribution is -2.39. The van der Waals surface area contributed by atoms with Gasteiger partial charge in [0.15, 0.2) is 0 Å². The number of nitrogens with one attached hydrogen (secondary N) is 1. The average molecular weight is 159 g/mol. The van der Waals surface area contributed by atoms with Gasteiger partial charge in [0.1, 0.15) is 0 Å². The van der Waals surface area contributed by atoms with Crippen LogP contribution in [-0.4, -0.2) is 12.1 Å². The van der Waals surface area contributed by atoms with Crippen molar-refractivity contribution in [3.05, 3.63) is 35.5 Å². The van der Waals surface area contributed by atoms with Crippen molar-refractivity contribution in [1.82, 2.24) is 5.32 Å². The fourth-order valence-electron chi connectivity index (χ4n) is 2.45. The molecule has 62 valence electrons. The Morgan fingerprint density at radius 1 is 1.42 bits per heavy atom. The van der Waals surface area contributed by atoms with Crippen LogP contribution in [-0.2, 0) is 0 Å². The first-order valence-electron chi connectivity index (χ1n) is 4.78. The Morgan fingerprint density at radius 2 is 2.42 bits per heavy atom. The molecule has 2 aliphatic carbocycles. The van der Waals surface area contributed by atoms with Crippen molar-refractivity contribution in [3.63, 3.8) is 0 Å². The van der Waals surface area contributed by atoms with Gasteiger partial charge in [-0.05, 0) is 24.8 Å². The first-order valence-corrected chi connectivity index (χ1v) is 4.78. The topological polar surface area (TPSA) is 12.0 Å². The highest BCUT2D eigenvalue weighted by molar-refractivity contribution is 5.45. The summed E-state index contributed by atoms with van der Waals surface area (Å²) in [6.45, 7) is 0. The highest BCUT2D eigenvalue weighted by Crippen LogP contribution is 2.32. The van der Waals surface area contributed by atoms with Crippen molar-refractivity contribution in [3.8, 4) is 0 Å². The molecule has 12 heavy (non-hydrogen) atoms. The third kappa shape index (κ3) is 0.831. The molecule has 0 amide bonds. The van der Waals surface area contributed by atoms with E-state index in [4.69, 9.17) is 0 Å². The first kappa shape index (κ1) is 6.67. The van der Waals surface area contributed by atoms with Gasteiger partial charge >= 0.3 is 0 Å². The fraction of sp³-hybridized carbons (Fsp3) is 0.455. The van der Waals surface area contributed by atoms with Crippen LogP contribution in [0.3, 0.4) is 0 Å². The molecule has 0 aromatic heterocycles. The molecule has 1 saturated carbocycles. The molecule has 1 N–H and O–H groups in total. The number of allylic oxidation sites excluding steroid dienone is 2. The third-order valence-electron chi connectivity index (χ3n) is 3.09. The normalized spacial score (nSPS) is 37.3. The SMILES string of the molecule is C1=CC2NC3CCCC3=CC2=C1. The van der Waals surface area contributed by atoms with E-state index in [1.165, 1.54) is 24.8 Å². The second-order valence-electron chi connectivity index (χ2n) is 3.86. The van der Waals surface area contributed by atoms with Crippen LogP contribution in [0.15, 0.2) is 35.5 Å². The van der Waals surface area contributed by atoms with Crippen LogP contribution < -0.4 is 5.32 Å². The highest BCUT2D eigenvalue weighted by atomic mass is 15.0. The summed E-state index contributed by atoms with van der Waals surface area (Å²) in [5, 5.41) is 3.65. The number of hydrogen-bond acceptors (Lipinski definition) is 1. The average Bonchev–Trinajstić information content (AvgIpc) is 2.64. The van der Waals surface area contributed by atoms with Crippen molar-refractivity contribution in [2.45, 2.75) is 31.3 Å². The summed E-state index contributed by atoms with van der Waals surface area (Å²) in [4.78, 5) is 0. The molecule has 0 spiro atoms. The van der Waals surface area contributed by atoms with Crippen molar-refractivity contribution >= 4 is 0 Å². The summed E-state index contributed by atoms with van der Waals surface area (Å²) in [5.41, 5.74) is 3.09. The maximum atomic E-state index is 3.65. The Balaban J connectivity index is 1.99. The van der Waals surface area contributed by atoms with E-state index in [1.54, 1.807) is 5.57 Å². The van der Waals surface area contributed by atoms with Crippen LogP contribution in [0.1, 0.15) is 19.3 Å². The Kier molecular flexibility index (Phi) is 1.30. The smallest absolute Gasteiger partial charge is 0.0513 e. The second kappa shape index (κ2) is 2.33. The minimum Gasteiger partial charge on any atom is -0.300 e. The number of hydrogen-bond donors (Lipinski definition) is 1. The molecule has 0 aromatic carbocycles. The summed E-state index contributed by atoms with van der Waals surface area (Å²) < 4.78 is 0. The van der Waals surface area contributed by atoms with E-state index < -0.39 is 0 Å². The quantitative estimate of drug-likeness (QED) is 0.569. The zero-order valence-electron chi connectivity index (χ0n) is 7.09. The fourth-order valence-corrected chi connectivity index (χ4v) is 2.45. The Hall–Kier alpha value is -0.820. The van der Waals surface area contributed by atoms with Gasteiger partial charge in [-0.3, -0.25) is 0 Å². The highest BCUT2D eigenvalue weighted by Gasteiger charge is 2.29. The van der Waals surface area contributed by atoms with E-state index in [9.17, 15) is 0 Å². The molecule has 0 bridgehead atoms. The van der Waals surface area contributed by atoms with Gasteiger partial charge < -0.3 is 5.32 Å². The van der Waals surface area contributed by atoms with Crippen LogP contribution in [0.25, 0.3) is 0 Å². The van der Waals surface area contributed by atoms with Gasteiger partial charge in [0.2, 0.25) is 0 Å². The van der Waals surface area contributed by atoms with Crippen LogP contribution in [0.5, 0.6) is 0 Å². The molecule has 1 heteroatoms. The molecule has 1 nitrogen and oxygen atoms in total. The standard InChI is InChI=1S/C11H13N/c1-3-8-7-9-4-2-6-11(9)12-10(8)5-1/h1,3,5,7,10-12H,2,4,6H2. The second-order valence-corrected chi connectivity index (χ2v) is 3.86. The third-order valence-corrected chi connectivity index (χ3v) is 3.09. The van der Waals surface area contributed by atoms with Gasteiger partial charge in [-0.25, -0.2) is 0 Å². The van der Waals surface area contributed by atoms with Gasteiger partial charge in [0.05, 0.1) is 6.04 Å². The van der Waals surface area contributed by atoms with E-state index in [-0.39, 0.29) is 0 Å². The maximum absolute atomic E-state index is 3.65. The van der Waals surface area contributed by atoms with Crippen LogP contribution in [0.2, 0.25) is 0 Å². The molecule has 3 aliphatic rings. The molecule has 1 heterocycles. The lowest BCUT2D eigenvalue weighted by atomic mass is 9.98. The molecular formula is C11H13N. The predicted molar refractivity (Wildman–Crippen MR) is 49.9 cm³/mol. The van der Waals surface area contributed by atoms with E-state index in [0.29, 0.717) is 12.1 Å². The molecule has 1 aliphatic heterocycles.